The van der Waals surface area contributed by atoms with Crippen LogP contribution in [0.25, 0.3) is 0 Å². The van der Waals surface area contributed by atoms with Gasteiger partial charge in [-0.05, 0) is 59.1 Å². The van der Waals surface area contributed by atoms with E-state index in [4.69, 9.17) is 23.2 Å². The molecule has 1 aromatic rings. The largest absolute Gasteiger partial charge is 0.315 e. The first kappa shape index (κ1) is 15.8. The van der Waals surface area contributed by atoms with E-state index in [1.165, 1.54) is 0 Å². The molecule has 0 spiro atoms. The Morgan fingerprint density at radius 3 is 2.11 bits per heavy atom. The van der Waals surface area contributed by atoms with E-state index in [9.17, 15) is 0 Å². The lowest BCUT2D eigenvalue weighted by Crippen LogP contribution is -2.55. The first-order valence-electron chi connectivity index (χ1n) is 6.08. The minimum atomic E-state index is 0.0112. The summed E-state index contributed by atoms with van der Waals surface area (Å²) in [5.41, 5.74) is 1.02. The van der Waals surface area contributed by atoms with Gasteiger partial charge in [-0.1, -0.05) is 29.3 Å². The summed E-state index contributed by atoms with van der Waals surface area (Å²) in [4.78, 5) is 2.21. The number of halogens is 2. The molecule has 0 radical (unpaired) electrons. The number of likely N-dealkylation sites (N-methyl/N-ethyl adjacent to an activating group) is 2. The van der Waals surface area contributed by atoms with Gasteiger partial charge in [0.15, 0.2) is 0 Å². The van der Waals surface area contributed by atoms with Gasteiger partial charge < -0.3 is 10.2 Å². The van der Waals surface area contributed by atoms with Crippen LogP contribution in [0.4, 0.5) is 0 Å². The molecular weight excluding hydrogens is 267 g/mol. The lowest BCUT2D eigenvalue weighted by Gasteiger charge is -2.40. The summed E-state index contributed by atoms with van der Waals surface area (Å²) in [6.45, 7) is 4.41. The van der Waals surface area contributed by atoms with E-state index in [0.717, 1.165) is 22.0 Å². The van der Waals surface area contributed by atoms with Gasteiger partial charge in [0.1, 0.15) is 0 Å². The molecule has 2 nitrogen and oxygen atoms in total. The van der Waals surface area contributed by atoms with Crippen molar-refractivity contribution in [3.8, 4) is 0 Å². The van der Waals surface area contributed by atoms with E-state index in [2.05, 4.69) is 38.2 Å². The molecular formula is C14H22Cl2N2. The molecule has 1 unspecified atom stereocenters. The van der Waals surface area contributed by atoms with Gasteiger partial charge in [0.25, 0.3) is 0 Å². The number of hydrogen-bond donors (Lipinski definition) is 1. The Bertz CT molecular complexity index is 383. The van der Waals surface area contributed by atoms with Crippen LogP contribution in [0.1, 0.15) is 19.4 Å². The van der Waals surface area contributed by atoms with Gasteiger partial charge >= 0.3 is 0 Å². The average Bonchev–Trinajstić information content (AvgIpc) is 2.28. The Hall–Kier alpha value is -0.280. The molecule has 0 fully saturated rings. The summed E-state index contributed by atoms with van der Waals surface area (Å²) in [7, 11) is 6.14. The molecule has 0 saturated heterocycles. The Labute approximate surface area is 120 Å². The van der Waals surface area contributed by atoms with E-state index in [0.29, 0.717) is 0 Å². The second kappa shape index (κ2) is 6.25. The van der Waals surface area contributed by atoms with Crippen LogP contribution in [-0.2, 0) is 6.42 Å². The molecule has 0 bridgehead atoms. The van der Waals surface area contributed by atoms with Gasteiger partial charge in [-0.2, -0.15) is 0 Å². The molecule has 102 valence electrons. The third-order valence-electron chi connectivity index (χ3n) is 3.82. The second-order valence-electron chi connectivity index (χ2n) is 5.29. The monoisotopic (exact) mass is 288 g/mol. The van der Waals surface area contributed by atoms with Crippen molar-refractivity contribution in [1.29, 1.82) is 0 Å². The summed E-state index contributed by atoms with van der Waals surface area (Å²) in [6.07, 6.45) is 0.806. The van der Waals surface area contributed by atoms with Crippen molar-refractivity contribution >= 4 is 23.2 Å². The van der Waals surface area contributed by atoms with Crippen molar-refractivity contribution in [2.24, 2.45) is 0 Å². The van der Waals surface area contributed by atoms with E-state index in [1.807, 2.05) is 25.2 Å². The van der Waals surface area contributed by atoms with Gasteiger partial charge in [-0.3, -0.25) is 0 Å². The van der Waals surface area contributed by atoms with Crippen molar-refractivity contribution in [1.82, 2.24) is 10.2 Å². The molecule has 0 aliphatic heterocycles. The molecule has 0 aliphatic rings. The van der Waals surface area contributed by atoms with E-state index in [-0.39, 0.29) is 11.6 Å². The van der Waals surface area contributed by atoms with Gasteiger partial charge in [0.2, 0.25) is 0 Å². The van der Waals surface area contributed by atoms with Crippen LogP contribution in [0.15, 0.2) is 18.2 Å². The molecule has 0 amide bonds. The van der Waals surface area contributed by atoms with Crippen LogP contribution in [-0.4, -0.2) is 37.6 Å². The number of benzene rings is 1. The summed E-state index contributed by atoms with van der Waals surface area (Å²) in [6, 6.07) is 5.92. The van der Waals surface area contributed by atoms with E-state index >= 15 is 0 Å². The van der Waals surface area contributed by atoms with Gasteiger partial charge in [-0.15, -0.1) is 0 Å². The number of rotatable bonds is 5. The smallest absolute Gasteiger partial charge is 0.0453 e. The fourth-order valence-electron chi connectivity index (χ4n) is 1.95. The van der Waals surface area contributed by atoms with Gasteiger partial charge in [0, 0.05) is 21.6 Å². The summed E-state index contributed by atoms with van der Waals surface area (Å²) >= 11 is 12.5. The molecule has 0 aliphatic carbocycles. The number of hydrogen-bond acceptors (Lipinski definition) is 2. The zero-order valence-corrected chi connectivity index (χ0v) is 13.2. The zero-order chi connectivity index (χ0) is 13.9. The maximum Gasteiger partial charge on any atom is 0.0453 e. The van der Waals surface area contributed by atoms with Crippen LogP contribution in [0.5, 0.6) is 0 Å². The quantitative estimate of drug-likeness (QED) is 0.893. The van der Waals surface area contributed by atoms with Gasteiger partial charge in [0.05, 0.1) is 0 Å². The summed E-state index contributed by atoms with van der Waals surface area (Å²) < 4.78 is 0. The van der Waals surface area contributed by atoms with Crippen LogP contribution in [0, 0.1) is 0 Å². The predicted molar refractivity (Wildman–Crippen MR) is 80.8 cm³/mol. The van der Waals surface area contributed by atoms with Crippen molar-refractivity contribution in [3.63, 3.8) is 0 Å². The maximum absolute atomic E-state index is 6.23. The van der Waals surface area contributed by atoms with Crippen molar-refractivity contribution < 1.29 is 0 Å². The third-order valence-corrected chi connectivity index (χ3v) is 4.53. The number of nitrogens with one attached hydrogen (secondary N) is 1. The van der Waals surface area contributed by atoms with E-state index in [1.54, 1.807) is 0 Å². The SMILES string of the molecule is CNC(Cc1c(Cl)cccc1Cl)C(C)(C)N(C)C. The minimum Gasteiger partial charge on any atom is -0.315 e. The summed E-state index contributed by atoms with van der Waals surface area (Å²) in [5, 5.41) is 4.83. The first-order chi connectivity index (χ1) is 8.30. The molecule has 1 N–H and O–H groups in total. The summed E-state index contributed by atoms with van der Waals surface area (Å²) in [5.74, 6) is 0. The fourth-order valence-corrected chi connectivity index (χ4v) is 2.50. The topological polar surface area (TPSA) is 15.3 Å². The average molecular weight is 289 g/mol. The molecule has 18 heavy (non-hydrogen) atoms. The highest BCUT2D eigenvalue weighted by Gasteiger charge is 2.31. The highest BCUT2D eigenvalue weighted by atomic mass is 35.5. The van der Waals surface area contributed by atoms with Crippen molar-refractivity contribution in [3.05, 3.63) is 33.8 Å². The van der Waals surface area contributed by atoms with Crippen molar-refractivity contribution in [2.45, 2.75) is 31.8 Å². The van der Waals surface area contributed by atoms with Crippen LogP contribution < -0.4 is 5.32 Å². The standard InChI is InChI=1S/C14H22Cl2N2/c1-14(2,18(4)5)13(17-3)9-10-11(15)7-6-8-12(10)16/h6-8,13,17H,9H2,1-5H3. The second-order valence-corrected chi connectivity index (χ2v) is 6.11. The third kappa shape index (κ3) is 3.39. The Morgan fingerprint density at radius 1 is 1.22 bits per heavy atom. The molecule has 0 saturated carbocycles. The number of nitrogens with zero attached hydrogens (tertiary/aromatic N) is 1. The Morgan fingerprint density at radius 2 is 1.72 bits per heavy atom. The maximum atomic E-state index is 6.23. The minimum absolute atomic E-state index is 0.0112. The molecule has 1 aromatic carbocycles. The predicted octanol–water partition coefficient (Wildman–Crippen LogP) is 3.46. The molecule has 0 aromatic heterocycles. The fraction of sp³-hybridized carbons (Fsp3) is 0.571. The van der Waals surface area contributed by atoms with Crippen LogP contribution in [0.3, 0.4) is 0 Å². The first-order valence-corrected chi connectivity index (χ1v) is 6.84. The molecule has 1 atom stereocenters. The van der Waals surface area contributed by atoms with Gasteiger partial charge in [-0.25, -0.2) is 0 Å². The highest BCUT2D eigenvalue weighted by molar-refractivity contribution is 6.36. The molecule has 4 heteroatoms. The zero-order valence-electron chi connectivity index (χ0n) is 11.7. The normalized spacial score (nSPS) is 14.0. The lowest BCUT2D eigenvalue weighted by molar-refractivity contribution is 0.142. The van der Waals surface area contributed by atoms with E-state index < -0.39 is 0 Å². The van der Waals surface area contributed by atoms with Crippen molar-refractivity contribution in [2.75, 3.05) is 21.1 Å². The Balaban J connectivity index is 3.00. The lowest BCUT2D eigenvalue weighted by atomic mass is 9.88. The highest BCUT2D eigenvalue weighted by Crippen LogP contribution is 2.28. The van der Waals surface area contributed by atoms with Crippen LogP contribution in [0.2, 0.25) is 10.0 Å². The molecule has 1 rings (SSSR count). The Kier molecular flexibility index (Phi) is 5.47. The van der Waals surface area contributed by atoms with Crippen LogP contribution >= 0.6 is 23.2 Å². The molecule has 0 heterocycles.